The van der Waals surface area contributed by atoms with Gasteiger partial charge in [0.25, 0.3) is 11.8 Å². The second-order valence-corrected chi connectivity index (χ2v) is 4.82. The van der Waals surface area contributed by atoms with Crippen molar-refractivity contribution in [2.75, 3.05) is 7.11 Å². The Morgan fingerprint density at radius 1 is 1.05 bits per heavy atom. The van der Waals surface area contributed by atoms with E-state index in [1.807, 2.05) is 0 Å². The smallest absolute Gasteiger partial charge is 0.258 e. The van der Waals surface area contributed by atoms with Crippen molar-refractivity contribution in [3.05, 3.63) is 59.2 Å². The molecule has 5 heteroatoms. The van der Waals surface area contributed by atoms with E-state index >= 15 is 0 Å². The molecule has 22 heavy (non-hydrogen) atoms. The van der Waals surface area contributed by atoms with Gasteiger partial charge in [-0.3, -0.25) is 14.9 Å². The molecule has 2 amide bonds. The largest absolute Gasteiger partial charge is 0.504 e. The maximum absolute atomic E-state index is 12.1. The summed E-state index contributed by atoms with van der Waals surface area (Å²) in [4.78, 5) is 23.9. The first-order valence-corrected chi connectivity index (χ1v) is 6.64. The van der Waals surface area contributed by atoms with Gasteiger partial charge in [-0.25, -0.2) is 0 Å². The monoisotopic (exact) mass is 295 g/mol. The highest BCUT2D eigenvalue weighted by atomic mass is 16.5. The number of methoxy groups -OCH3 is 1. The van der Waals surface area contributed by atoms with Gasteiger partial charge in [0, 0.05) is 11.1 Å². The van der Waals surface area contributed by atoms with Crippen molar-refractivity contribution < 1.29 is 19.4 Å². The number of hydrogen-bond acceptors (Lipinski definition) is 4. The van der Waals surface area contributed by atoms with E-state index in [4.69, 9.17) is 4.74 Å². The molecule has 0 aromatic heterocycles. The number of fused-ring (bicyclic) bond motifs is 1. The summed E-state index contributed by atoms with van der Waals surface area (Å²) < 4.78 is 4.99. The van der Waals surface area contributed by atoms with E-state index in [1.54, 1.807) is 42.5 Å². The zero-order valence-electron chi connectivity index (χ0n) is 11.8. The van der Waals surface area contributed by atoms with Crippen LogP contribution < -0.4 is 10.1 Å². The minimum absolute atomic E-state index is 0.0163. The van der Waals surface area contributed by atoms with Crippen molar-refractivity contribution in [1.29, 1.82) is 0 Å². The van der Waals surface area contributed by atoms with Crippen LogP contribution in [-0.4, -0.2) is 24.0 Å². The van der Waals surface area contributed by atoms with Crippen LogP contribution in [0.25, 0.3) is 11.6 Å². The molecule has 0 saturated carbocycles. The van der Waals surface area contributed by atoms with Crippen molar-refractivity contribution in [1.82, 2.24) is 5.32 Å². The zero-order chi connectivity index (χ0) is 15.7. The van der Waals surface area contributed by atoms with Crippen molar-refractivity contribution in [2.24, 2.45) is 0 Å². The van der Waals surface area contributed by atoms with Crippen LogP contribution >= 0.6 is 0 Å². The number of amides is 2. The van der Waals surface area contributed by atoms with Gasteiger partial charge < -0.3 is 9.84 Å². The highest BCUT2D eigenvalue weighted by molar-refractivity contribution is 6.33. The Morgan fingerprint density at radius 3 is 2.45 bits per heavy atom. The SMILES string of the molecule is COc1ccc(/C=C2\C(=O)NC(=O)c3ccccc32)cc1O. The fourth-order valence-corrected chi connectivity index (χ4v) is 2.38. The van der Waals surface area contributed by atoms with Gasteiger partial charge in [-0.2, -0.15) is 0 Å². The molecule has 0 radical (unpaired) electrons. The lowest BCUT2D eigenvalue weighted by Crippen LogP contribution is -2.36. The molecule has 1 aliphatic rings. The lowest BCUT2D eigenvalue weighted by atomic mass is 9.93. The standard InChI is InChI=1S/C17H13NO4/c1-22-15-7-6-10(9-14(15)19)8-13-11-4-2-3-5-12(11)16(20)18-17(13)21/h2-9,19H,1H3,(H,18,20,21)/b13-8-. The molecule has 0 spiro atoms. The maximum atomic E-state index is 12.1. The second kappa shape index (κ2) is 5.37. The minimum Gasteiger partial charge on any atom is -0.504 e. The topological polar surface area (TPSA) is 75.6 Å². The Balaban J connectivity index is 2.10. The van der Waals surface area contributed by atoms with E-state index in [1.165, 1.54) is 13.2 Å². The fourth-order valence-electron chi connectivity index (χ4n) is 2.38. The lowest BCUT2D eigenvalue weighted by molar-refractivity contribution is -0.114. The Labute approximate surface area is 126 Å². The molecule has 1 heterocycles. The summed E-state index contributed by atoms with van der Waals surface area (Å²) in [5.74, 6) is -0.530. The van der Waals surface area contributed by atoms with E-state index in [-0.39, 0.29) is 5.75 Å². The molecule has 0 unspecified atom stereocenters. The normalized spacial score (nSPS) is 15.4. The molecular formula is C17H13NO4. The van der Waals surface area contributed by atoms with Gasteiger partial charge in [0.2, 0.25) is 0 Å². The molecular weight excluding hydrogens is 282 g/mol. The minimum atomic E-state index is -0.459. The van der Waals surface area contributed by atoms with Crippen LogP contribution in [0.4, 0.5) is 0 Å². The number of rotatable bonds is 2. The highest BCUT2D eigenvalue weighted by Gasteiger charge is 2.26. The number of carbonyl (C=O) groups is 2. The van der Waals surface area contributed by atoms with Crippen LogP contribution in [0.3, 0.4) is 0 Å². The molecule has 0 atom stereocenters. The molecule has 2 aromatic carbocycles. The predicted molar refractivity (Wildman–Crippen MR) is 81.4 cm³/mol. The molecule has 2 aromatic rings. The summed E-state index contributed by atoms with van der Waals surface area (Å²) in [6.45, 7) is 0. The number of ether oxygens (including phenoxy) is 1. The van der Waals surface area contributed by atoms with Crippen LogP contribution in [0.2, 0.25) is 0 Å². The average molecular weight is 295 g/mol. The van der Waals surface area contributed by atoms with E-state index < -0.39 is 11.8 Å². The van der Waals surface area contributed by atoms with Crippen molar-refractivity contribution in [3.63, 3.8) is 0 Å². The Kier molecular flexibility index (Phi) is 3.39. The second-order valence-electron chi connectivity index (χ2n) is 4.82. The molecule has 5 nitrogen and oxygen atoms in total. The molecule has 0 saturated heterocycles. The van der Waals surface area contributed by atoms with Crippen molar-refractivity contribution >= 4 is 23.5 Å². The summed E-state index contributed by atoms with van der Waals surface area (Å²) >= 11 is 0. The van der Waals surface area contributed by atoms with E-state index in [2.05, 4.69) is 5.32 Å². The van der Waals surface area contributed by atoms with Crippen molar-refractivity contribution in [2.45, 2.75) is 0 Å². The van der Waals surface area contributed by atoms with Gasteiger partial charge in [-0.05, 0) is 35.4 Å². The van der Waals surface area contributed by atoms with E-state index in [0.717, 1.165) is 0 Å². The quantitative estimate of drug-likeness (QED) is 0.658. The number of nitrogens with one attached hydrogen (secondary N) is 1. The first-order valence-electron chi connectivity index (χ1n) is 6.64. The van der Waals surface area contributed by atoms with Gasteiger partial charge in [0.1, 0.15) is 0 Å². The summed E-state index contributed by atoms with van der Waals surface area (Å²) in [6, 6.07) is 11.7. The van der Waals surface area contributed by atoms with Crippen molar-refractivity contribution in [3.8, 4) is 11.5 Å². The zero-order valence-corrected chi connectivity index (χ0v) is 11.8. The molecule has 2 N–H and O–H groups in total. The number of phenols is 1. The molecule has 0 bridgehead atoms. The van der Waals surface area contributed by atoms with Gasteiger partial charge in [0.15, 0.2) is 11.5 Å². The lowest BCUT2D eigenvalue weighted by Gasteiger charge is -2.18. The number of imide groups is 1. The van der Waals surface area contributed by atoms with Crippen LogP contribution in [-0.2, 0) is 4.79 Å². The van der Waals surface area contributed by atoms with Gasteiger partial charge in [0.05, 0.1) is 7.11 Å². The third-order valence-corrected chi connectivity index (χ3v) is 3.45. The fraction of sp³-hybridized carbons (Fsp3) is 0.0588. The third kappa shape index (κ3) is 2.33. The maximum Gasteiger partial charge on any atom is 0.258 e. The summed E-state index contributed by atoms with van der Waals surface area (Å²) in [5, 5.41) is 12.1. The van der Waals surface area contributed by atoms with Gasteiger partial charge in [-0.15, -0.1) is 0 Å². The van der Waals surface area contributed by atoms with Crippen LogP contribution in [0.1, 0.15) is 21.5 Å². The Bertz CT molecular complexity index is 808. The summed E-state index contributed by atoms with van der Waals surface area (Å²) in [5.41, 5.74) is 2.03. The van der Waals surface area contributed by atoms with Crippen LogP contribution in [0, 0.1) is 0 Å². The molecule has 0 fully saturated rings. The first-order chi connectivity index (χ1) is 10.6. The summed E-state index contributed by atoms with van der Waals surface area (Å²) in [6.07, 6.45) is 1.62. The molecule has 3 rings (SSSR count). The Morgan fingerprint density at radius 2 is 1.77 bits per heavy atom. The number of aromatic hydroxyl groups is 1. The van der Waals surface area contributed by atoms with Gasteiger partial charge in [-0.1, -0.05) is 24.3 Å². The van der Waals surface area contributed by atoms with Crippen LogP contribution in [0.5, 0.6) is 11.5 Å². The summed E-state index contributed by atoms with van der Waals surface area (Å²) in [7, 11) is 1.46. The third-order valence-electron chi connectivity index (χ3n) is 3.45. The van der Waals surface area contributed by atoms with Gasteiger partial charge >= 0.3 is 0 Å². The number of carbonyl (C=O) groups excluding carboxylic acids is 2. The van der Waals surface area contributed by atoms with Crippen LogP contribution in [0.15, 0.2) is 42.5 Å². The molecule has 110 valence electrons. The molecule has 0 aliphatic carbocycles. The molecule has 1 aliphatic heterocycles. The number of phenolic OH excluding ortho intramolecular Hbond substituents is 1. The van der Waals surface area contributed by atoms with E-state index in [9.17, 15) is 14.7 Å². The Hall–Kier alpha value is -3.08. The average Bonchev–Trinajstić information content (AvgIpc) is 2.51. The number of benzene rings is 2. The first kappa shape index (κ1) is 13.9. The highest BCUT2D eigenvalue weighted by Crippen LogP contribution is 2.30. The number of hydrogen-bond donors (Lipinski definition) is 2. The predicted octanol–water partition coefficient (Wildman–Crippen LogP) is 2.21. The van der Waals surface area contributed by atoms with E-state index in [0.29, 0.717) is 28.0 Å².